The van der Waals surface area contributed by atoms with E-state index in [2.05, 4.69) is 65.1 Å². The van der Waals surface area contributed by atoms with Crippen LogP contribution in [-0.4, -0.2) is 13.7 Å². The number of halogens is 1. The maximum atomic E-state index is 6.31. The van der Waals surface area contributed by atoms with Gasteiger partial charge in [-0.25, -0.2) is 0 Å². The third-order valence-electron chi connectivity index (χ3n) is 3.14. The molecule has 3 heteroatoms. The molecule has 0 aliphatic rings. The Morgan fingerprint density at radius 1 is 1.11 bits per heavy atom. The summed E-state index contributed by atoms with van der Waals surface area (Å²) in [7, 11) is 1.72. The Hall–Kier alpha value is -0.910. The molecule has 0 heterocycles. The second-order valence-electron chi connectivity index (χ2n) is 4.52. The largest absolute Gasteiger partial charge is 0.384 e. The Balaban J connectivity index is 2.13. The van der Waals surface area contributed by atoms with Crippen LogP contribution in [0.1, 0.15) is 22.7 Å². The fourth-order valence-electron chi connectivity index (χ4n) is 2.00. The van der Waals surface area contributed by atoms with Crippen LogP contribution in [0.2, 0.25) is 0 Å². The third kappa shape index (κ3) is 4.03. The second kappa shape index (κ2) is 7.03. The number of rotatable bonds is 5. The van der Waals surface area contributed by atoms with Gasteiger partial charge in [0, 0.05) is 10.7 Å². The first-order chi connectivity index (χ1) is 9.20. The van der Waals surface area contributed by atoms with Gasteiger partial charge in [-0.05, 0) is 57.8 Å². The molecule has 0 radical (unpaired) electrons. The third-order valence-corrected chi connectivity index (χ3v) is 3.81. The van der Waals surface area contributed by atoms with Crippen molar-refractivity contribution in [2.75, 3.05) is 13.7 Å². The molecule has 2 aromatic carbocycles. The van der Waals surface area contributed by atoms with Crippen LogP contribution in [0.4, 0.5) is 0 Å². The van der Waals surface area contributed by atoms with Crippen molar-refractivity contribution in [1.82, 2.24) is 0 Å². The molecule has 0 aliphatic carbocycles. The molecule has 2 aromatic rings. The molecular formula is C16H18INO. The van der Waals surface area contributed by atoms with E-state index >= 15 is 0 Å². The lowest BCUT2D eigenvalue weighted by atomic mass is 9.98. The van der Waals surface area contributed by atoms with Crippen LogP contribution in [0.15, 0.2) is 48.5 Å². The van der Waals surface area contributed by atoms with Gasteiger partial charge in [0.05, 0.1) is 12.6 Å². The van der Waals surface area contributed by atoms with Gasteiger partial charge in [0.15, 0.2) is 0 Å². The molecule has 2 nitrogen and oxygen atoms in total. The molecule has 0 fully saturated rings. The predicted octanol–water partition coefficient (Wildman–Crippen LogP) is 3.53. The predicted molar refractivity (Wildman–Crippen MR) is 87.2 cm³/mol. The summed E-state index contributed by atoms with van der Waals surface area (Å²) < 4.78 is 6.29. The summed E-state index contributed by atoms with van der Waals surface area (Å²) in [5, 5.41) is 0. The average molecular weight is 367 g/mol. The van der Waals surface area contributed by atoms with Crippen molar-refractivity contribution in [3.05, 3.63) is 68.8 Å². The van der Waals surface area contributed by atoms with E-state index in [1.807, 2.05) is 6.07 Å². The molecule has 0 spiro atoms. The van der Waals surface area contributed by atoms with Gasteiger partial charge in [0.2, 0.25) is 0 Å². The fraction of sp³-hybridized carbons (Fsp3) is 0.250. The van der Waals surface area contributed by atoms with Gasteiger partial charge < -0.3 is 10.5 Å². The van der Waals surface area contributed by atoms with Gasteiger partial charge in [-0.2, -0.15) is 0 Å². The van der Waals surface area contributed by atoms with Gasteiger partial charge in [-0.1, -0.05) is 36.4 Å². The van der Waals surface area contributed by atoms with Crippen LogP contribution in [0.5, 0.6) is 0 Å². The first kappa shape index (κ1) is 14.5. The zero-order valence-electron chi connectivity index (χ0n) is 11.0. The molecule has 2 N–H and O–H groups in total. The fourth-order valence-corrected chi connectivity index (χ4v) is 2.57. The normalized spacial score (nSPS) is 12.4. The van der Waals surface area contributed by atoms with E-state index in [1.54, 1.807) is 7.11 Å². The maximum Gasteiger partial charge on any atom is 0.0552 e. The Labute approximate surface area is 128 Å². The minimum atomic E-state index is -0.0637. The number of nitrogens with two attached hydrogens (primary N) is 1. The smallest absolute Gasteiger partial charge is 0.0552 e. The van der Waals surface area contributed by atoms with E-state index in [9.17, 15) is 0 Å². The second-order valence-corrected chi connectivity index (χ2v) is 5.76. The highest BCUT2D eigenvalue weighted by Crippen LogP contribution is 2.21. The molecule has 0 aromatic heterocycles. The summed E-state index contributed by atoms with van der Waals surface area (Å²) in [4.78, 5) is 0. The van der Waals surface area contributed by atoms with E-state index in [1.165, 1.54) is 9.13 Å². The maximum absolute atomic E-state index is 6.31. The summed E-state index contributed by atoms with van der Waals surface area (Å²) in [6.45, 7) is 0.752. The summed E-state index contributed by atoms with van der Waals surface area (Å²) in [5.74, 6) is 0. The van der Waals surface area contributed by atoms with Gasteiger partial charge >= 0.3 is 0 Å². The number of hydrogen-bond donors (Lipinski definition) is 1. The first-order valence-electron chi connectivity index (χ1n) is 6.29. The van der Waals surface area contributed by atoms with Crippen molar-refractivity contribution in [1.29, 1.82) is 0 Å². The highest BCUT2D eigenvalue weighted by atomic mass is 127. The van der Waals surface area contributed by atoms with Crippen LogP contribution in [0.3, 0.4) is 0 Å². The Morgan fingerprint density at radius 2 is 1.84 bits per heavy atom. The van der Waals surface area contributed by atoms with Crippen molar-refractivity contribution < 1.29 is 4.74 Å². The number of methoxy groups -OCH3 is 1. The molecule has 1 unspecified atom stereocenters. The van der Waals surface area contributed by atoms with Gasteiger partial charge in [0.25, 0.3) is 0 Å². The molecule has 0 amide bonds. The number of hydrogen-bond acceptors (Lipinski definition) is 2. The standard InChI is InChI=1S/C16H18INO/c1-19-10-9-12-5-7-13(8-6-12)16(18)14-3-2-4-15(17)11-14/h2-8,11,16H,9-10,18H2,1H3. The van der Waals surface area contributed by atoms with Crippen LogP contribution in [-0.2, 0) is 11.2 Å². The van der Waals surface area contributed by atoms with Gasteiger partial charge in [-0.3, -0.25) is 0 Å². The topological polar surface area (TPSA) is 35.2 Å². The van der Waals surface area contributed by atoms with E-state index < -0.39 is 0 Å². The Bertz CT molecular complexity index is 525. The van der Waals surface area contributed by atoms with E-state index in [0.29, 0.717) is 0 Å². The summed E-state index contributed by atoms with van der Waals surface area (Å²) in [6.07, 6.45) is 0.940. The van der Waals surface area contributed by atoms with Crippen molar-refractivity contribution in [3.63, 3.8) is 0 Å². The van der Waals surface area contributed by atoms with E-state index in [-0.39, 0.29) is 6.04 Å². The Kier molecular flexibility index (Phi) is 5.36. The van der Waals surface area contributed by atoms with Gasteiger partial charge in [0.1, 0.15) is 0 Å². The molecule has 0 saturated heterocycles. The lowest BCUT2D eigenvalue weighted by Crippen LogP contribution is -2.12. The highest BCUT2D eigenvalue weighted by molar-refractivity contribution is 14.1. The highest BCUT2D eigenvalue weighted by Gasteiger charge is 2.08. The lowest BCUT2D eigenvalue weighted by Gasteiger charge is -2.13. The molecule has 1 atom stereocenters. The van der Waals surface area contributed by atoms with Crippen LogP contribution < -0.4 is 5.73 Å². The van der Waals surface area contributed by atoms with Crippen LogP contribution >= 0.6 is 22.6 Å². The van der Waals surface area contributed by atoms with Crippen molar-refractivity contribution in [2.24, 2.45) is 5.73 Å². The zero-order chi connectivity index (χ0) is 13.7. The molecule has 0 aliphatic heterocycles. The van der Waals surface area contributed by atoms with Crippen molar-refractivity contribution in [2.45, 2.75) is 12.5 Å². The molecule has 0 bridgehead atoms. The summed E-state index contributed by atoms with van der Waals surface area (Å²) in [6, 6.07) is 16.7. The van der Waals surface area contributed by atoms with Gasteiger partial charge in [-0.15, -0.1) is 0 Å². The summed E-state index contributed by atoms with van der Waals surface area (Å²) >= 11 is 2.31. The average Bonchev–Trinajstić information content (AvgIpc) is 2.45. The quantitative estimate of drug-likeness (QED) is 0.821. The minimum absolute atomic E-state index is 0.0637. The zero-order valence-corrected chi connectivity index (χ0v) is 13.1. The van der Waals surface area contributed by atoms with Crippen LogP contribution in [0.25, 0.3) is 0 Å². The van der Waals surface area contributed by atoms with E-state index in [4.69, 9.17) is 10.5 Å². The van der Waals surface area contributed by atoms with E-state index in [0.717, 1.165) is 24.2 Å². The molecular weight excluding hydrogens is 349 g/mol. The molecule has 0 saturated carbocycles. The minimum Gasteiger partial charge on any atom is -0.384 e. The van der Waals surface area contributed by atoms with Crippen molar-refractivity contribution in [3.8, 4) is 0 Å². The summed E-state index contributed by atoms with van der Waals surface area (Å²) in [5.41, 5.74) is 9.88. The monoisotopic (exact) mass is 367 g/mol. The number of ether oxygens (including phenoxy) is 1. The first-order valence-corrected chi connectivity index (χ1v) is 7.37. The Morgan fingerprint density at radius 3 is 2.47 bits per heavy atom. The lowest BCUT2D eigenvalue weighted by molar-refractivity contribution is 0.202. The number of benzene rings is 2. The van der Waals surface area contributed by atoms with Crippen LogP contribution in [0, 0.1) is 3.57 Å². The molecule has 19 heavy (non-hydrogen) atoms. The van der Waals surface area contributed by atoms with Crippen molar-refractivity contribution >= 4 is 22.6 Å². The molecule has 2 rings (SSSR count). The molecule has 100 valence electrons. The SMILES string of the molecule is COCCc1ccc(C(N)c2cccc(I)c2)cc1.